The fourth-order valence-electron chi connectivity index (χ4n) is 3.46. The first-order valence-corrected chi connectivity index (χ1v) is 9.08. The number of carbonyl (C=O) groups is 1. The number of methoxy groups -OCH3 is 1. The van der Waals surface area contributed by atoms with Crippen molar-refractivity contribution in [2.24, 2.45) is 7.05 Å². The molecule has 0 saturated carbocycles. The molecule has 3 rings (SSSR count). The Bertz CT molecular complexity index is 696. The molecular formula is C17H24N4O2S. The molecule has 0 spiro atoms. The lowest BCUT2D eigenvalue weighted by Crippen LogP contribution is -2.36. The maximum Gasteiger partial charge on any atom is 0.234 e. The molecule has 0 aliphatic carbocycles. The number of rotatable bonds is 6. The van der Waals surface area contributed by atoms with Gasteiger partial charge in [0.25, 0.3) is 0 Å². The highest BCUT2D eigenvalue weighted by Crippen LogP contribution is 2.38. The molecule has 0 aromatic carbocycles. The normalized spacial score (nSPS) is 18.0. The number of aryl methyl sites for hydroxylation is 2. The fraction of sp³-hybridized carbons (Fsp3) is 0.529. The molecule has 6 nitrogen and oxygen atoms in total. The molecule has 1 aliphatic heterocycles. The number of amides is 1. The summed E-state index contributed by atoms with van der Waals surface area (Å²) in [5.74, 6) is 0.860. The predicted molar refractivity (Wildman–Crippen MR) is 94.2 cm³/mol. The van der Waals surface area contributed by atoms with Gasteiger partial charge in [-0.05, 0) is 37.8 Å². The van der Waals surface area contributed by atoms with Crippen LogP contribution in [0.1, 0.15) is 35.0 Å². The van der Waals surface area contributed by atoms with Gasteiger partial charge < -0.3 is 10.1 Å². The molecule has 3 heterocycles. The van der Waals surface area contributed by atoms with Gasteiger partial charge in [0.15, 0.2) is 0 Å². The molecule has 1 aliphatic rings. The molecule has 1 fully saturated rings. The molecule has 2 aromatic rings. The lowest BCUT2D eigenvalue weighted by atomic mass is 10.1. The van der Waals surface area contributed by atoms with Crippen molar-refractivity contribution in [1.82, 2.24) is 20.0 Å². The minimum atomic E-state index is 0.0656. The summed E-state index contributed by atoms with van der Waals surface area (Å²) in [6.45, 7) is 3.94. The predicted octanol–water partition coefficient (Wildman–Crippen LogP) is 2.25. The van der Waals surface area contributed by atoms with Gasteiger partial charge in [-0.25, -0.2) is 4.68 Å². The first kappa shape index (κ1) is 17.0. The maximum atomic E-state index is 12.3. The van der Waals surface area contributed by atoms with Crippen molar-refractivity contribution in [2.75, 3.05) is 20.2 Å². The van der Waals surface area contributed by atoms with E-state index in [-0.39, 0.29) is 11.9 Å². The maximum absolute atomic E-state index is 12.3. The van der Waals surface area contributed by atoms with Crippen molar-refractivity contribution in [3.63, 3.8) is 0 Å². The van der Waals surface area contributed by atoms with E-state index in [0.717, 1.165) is 36.5 Å². The average Bonchev–Trinajstić information content (AvgIpc) is 3.26. The van der Waals surface area contributed by atoms with Crippen LogP contribution in [0.15, 0.2) is 17.5 Å². The zero-order chi connectivity index (χ0) is 17.1. The lowest BCUT2D eigenvalue weighted by molar-refractivity contribution is -0.122. The summed E-state index contributed by atoms with van der Waals surface area (Å²) in [7, 11) is 3.56. The number of aromatic nitrogens is 2. The van der Waals surface area contributed by atoms with Crippen LogP contribution in [0.3, 0.4) is 0 Å². The first-order valence-electron chi connectivity index (χ1n) is 8.20. The van der Waals surface area contributed by atoms with E-state index in [2.05, 4.69) is 15.3 Å². The summed E-state index contributed by atoms with van der Waals surface area (Å²) in [5, 5.41) is 9.51. The van der Waals surface area contributed by atoms with Crippen molar-refractivity contribution >= 4 is 17.2 Å². The number of likely N-dealkylation sites (tertiary alicyclic amines) is 1. The minimum Gasteiger partial charge on any atom is -0.481 e. The number of nitrogens with zero attached hydrogens (tertiary/aromatic N) is 3. The zero-order valence-electron chi connectivity index (χ0n) is 14.4. The summed E-state index contributed by atoms with van der Waals surface area (Å²) < 4.78 is 7.31. The highest BCUT2D eigenvalue weighted by Gasteiger charge is 2.33. The number of hydrogen-bond acceptors (Lipinski definition) is 5. The number of thiophene rings is 1. The Labute approximate surface area is 146 Å². The number of hydrogen-bond donors (Lipinski definition) is 1. The van der Waals surface area contributed by atoms with Crippen LogP contribution in [-0.2, 0) is 18.4 Å². The van der Waals surface area contributed by atoms with E-state index in [4.69, 9.17) is 4.74 Å². The molecular weight excluding hydrogens is 324 g/mol. The standard InChI is InChI=1S/C17H24N4O2S/c1-12-16(17(23-3)20(2)19-12)14-7-4-8-21(14)11-15(22)18-10-13-6-5-9-24-13/h5-6,9,14H,4,7-8,10-11H2,1-3H3,(H,18,22)/t14-/m1/s1. The molecule has 7 heteroatoms. The fourth-order valence-corrected chi connectivity index (χ4v) is 4.11. The second kappa shape index (κ2) is 7.36. The molecule has 1 saturated heterocycles. The van der Waals surface area contributed by atoms with E-state index in [1.165, 1.54) is 4.88 Å². The molecule has 130 valence electrons. The third-order valence-corrected chi connectivity index (χ3v) is 5.37. The summed E-state index contributed by atoms with van der Waals surface area (Å²) in [4.78, 5) is 15.7. The Hall–Kier alpha value is -1.86. The topological polar surface area (TPSA) is 59.4 Å². The van der Waals surface area contributed by atoms with E-state index in [1.54, 1.807) is 23.1 Å². The van der Waals surface area contributed by atoms with Crippen molar-refractivity contribution in [3.05, 3.63) is 33.6 Å². The van der Waals surface area contributed by atoms with Crippen LogP contribution < -0.4 is 10.1 Å². The lowest BCUT2D eigenvalue weighted by Gasteiger charge is -2.24. The largest absolute Gasteiger partial charge is 0.481 e. The zero-order valence-corrected chi connectivity index (χ0v) is 15.2. The van der Waals surface area contributed by atoms with Gasteiger partial charge >= 0.3 is 0 Å². The van der Waals surface area contributed by atoms with Crippen LogP contribution in [0.4, 0.5) is 0 Å². The molecule has 24 heavy (non-hydrogen) atoms. The van der Waals surface area contributed by atoms with E-state index in [1.807, 2.05) is 31.5 Å². The Kier molecular flexibility index (Phi) is 5.20. The third kappa shape index (κ3) is 3.47. The molecule has 1 atom stereocenters. The second-order valence-electron chi connectivity index (χ2n) is 6.12. The van der Waals surface area contributed by atoms with Gasteiger partial charge in [0.05, 0.1) is 31.5 Å². The van der Waals surface area contributed by atoms with Crippen LogP contribution in [0.2, 0.25) is 0 Å². The number of ether oxygens (including phenoxy) is 1. The van der Waals surface area contributed by atoms with Gasteiger partial charge in [-0.2, -0.15) is 5.10 Å². The Balaban J connectivity index is 1.66. The number of nitrogens with one attached hydrogen (secondary N) is 1. The van der Waals surface area contributed by atoms with Gasteiger partial charge in [0.2, 0.25) is 11.8 Å². The van der Waals surface area contributed by atoms with E-state index >= 15 is 0 Å². The van der Waals surface area contributed by atoms with Crippen LogP contribution in [-0.4, -0.2) is 40.8 Å². The van der Waals surface area contributed by atoms with Crippen molar-refractivity contribution in [1.29, 1.82) is 0 Å². The Morgan fingerprint density at radius 2 is 2.38 bits per heavy atom. The molecule has 1 N–H and O–H groups in total. The molecule has 1 amide bonds. The van der Waals surface area contributed by atoms with Crippen molar-refractivity contribution in [3.8, 4) is 5.88 Å². The summed E-state index contributed by atoms with van der Waals surface area (Å²) in [6, 6.07) is 4.23. The molecule has 0 unspecified atom stereocenters. The van der Waals surface area contributed by atoms with Crippen LogP contribution in [0.5, 0.6) is 5.88 Å². The highest BCUT2D eigenvalue weighted by atomic mass is 32.1. The minimum absolute atomic E-state index is 0.0656. The summed E-state index contributed by atoms with van der Waals surface area (Å²) in [6.07, 6.45) is 2.11. The quantitative estimate of drug-likeness (QED) is 0.870. The smallest absolute Gasteiger partial charge is 0.234 e. The van der Waals surface area contributed by atoms with Crippen molar-refractivity contribution < 1.29 is 9.53 Å². The van der Waals surface area contributed by atoms with Gasteiger partial charge in [-0.1, -0.05) is 6.07 Å². The van der Waals surface area contributed by atoms with E-state index in [9.17, 15) is 4.79 Å². The second-order valence-corrected chi connectivity index (χ2v) is 7.15. The third-order valence-electron chi connectivity index (χ3n) is 4.49. The average molecular weight is 348 g/mol. The molecule has 2 aromatic heterocycles. The molecule has 0 radical (unpaired) electrons. The Morgan fingerprint density at radius 3 is 3.08 bits per heavy atom. The van der Waals surface area contributed by atoms with Gasteiger partial charge in [0.1, 0.15) is 0 Å². The van der Waals surface area contributed by atoms with E-state index in [0.29, 0.717) is 13.1 Å². The van der Waals surface area contributed by atoms with E-state index < -0.39 is 0 Å². The SMILES string of the molecule is COc1c([C@H]2CCCN2CC(=O)NCc2cccs2)c(C)nn1C. The highest BCUT2D eigenvalue weighted by molar-refractivity contribution is 7.09. The first-order chi connectivity index (χ1) is 11.6. The van der Waals surface area contributed by atoms with Crippen LogP contribution >= 0.6 is 11.3 Å². The number of carbonyl (C=O) groups excluding carboxylic acids is 1. The summed E-state index contributed by atoms with van der Waals surface area (Å²) >= 11 is 1.66. The monoisotopic (exact) mass is 348 g/mol. The Morgan fingerprint density at radius 1 is 1.54 bits per heavy atom. The van der Waals surface area contributed by atoms with Crippen molar-refractivity contribution in [2.45, 2.75) is 32.4 Å². The van der Waals surface area contributed by atoms with Crippen LogP contribution in [0.25, 0.3) is 0 Å². The molecule has 0 bridgehead atoms. The summed E-state index contributed by atoms with van der Waals surface area (Å²) in [5.41, 5.74) is 2.09. The van der Waals surface area contributed by atoms with Gasteiger partial charge in [0, 0.05) is 18.0 Å². The van der Waals surface area contributed by atoms with Gasteiger partial charge in [-0.3, -0.25) is 9.69 Å². The van der Waals surface area contributed by atoms with Gasteiger partial charge in [-0.15, -0.1) is 11.3 Å². The van der Waals surface area contributed by atoms with Crippen LogP contribution in [0, 0.1) is 6.92 Å².